The minimum absolute atomic E-state index is 0.0693. The standard InChI is InChI=1S/C12H12BrClN2O/c1-3-8-4-10(17)16(6-8)11-7(2)9(13)5-15-12(11)14/h3,5,8H,1,4,6H2,2H3. The summed E-state index contributed by atoms with van der Waals surface area (Å²) in [5.41, 5.74) is 1.64. The van der Waals surface area contributed by atoms with Crippen molar-refractivity contribution in [3.8, 4) is 0 Å². The number of halogens is 2. The Labute approximate surface area is 114 Å². The number of amides is 1. The lowest BCUT2D eigenvalue weighted by Gasteiger charge is -2.20. The van der Waals surface area contributed by atoms with Crippen molar-refractivity contribution in [3.63, 3.8) is 0 Å². The SMILES string of the molecule is C=CC1CC(=O)N(c2c(Cl)ncc(Br)c2C)C1. The Morgan fingerprint density at radius 3 is 3.00 bits per heavy atom. The molecule has 0 aliphatic carbocycles. The van der Waals surface area contributed by atoms with Crippen LogP contribution in [0.5, 0.6) is 0 Å². The fourth-order valence-electron chi connectivity index (χ4n) is 1.96. The van der Waals surface area contributed by atoms with Crippen molar-refractivity contribution in [2.24, 2.45) is 5.92 Å². The molecule has 0 bridgehead atoms. The molecule has 90 valence electrons. The Morgan fingerprint density at radius 2 is 2.41 bits per heavy atom. The maximum Gasteiger partial charge on any atom is 0.227 e. The summed E-state index contributed by atoms with van der Waals surface area (Å²) in [7, 11) is 0. The molecule has 0 radical (unpaired) electrons. The van der Waals surface area contributed by atoms with Crippen LogP contribution in [0.15, 0.2) is 23.3 Å². The Kier molecular flexibility index (Phi) is 3.54. The molecule has 2 rings (SSSR count). The fraction of sp³-hybridized carbons (Fsp3) is 0.333. The second-order valence-corrected chi connectivity index (χ2v) is 5.29. The van der Waals surface area contributed by atoms with Crippen LogP contribution in [0.3, 0.4) is 0 Å². The molecular weight excluding hydrogens is 304 g/mol. The molecular formula is C12H12BrClN2O. The van der Waals surface area contributed by atoms with Gasteiger partial charge in [0, 0.05) is 29.6 Å². The Balaban J connectivity index is 2.44. The first kappa shape index (κ1) is 12.6. The summed E-state index contributed by atoms with van der Waals surface area (Å²) >= 11 is 9.49. The smallest absolute Gasteiger partial charge is 0.227 e. The predicted molar refractivity (Wildman–Crippen MR) is 72.3 cm³/mol. The summed E-state index contributed by atoms with van der Waals surface area (Å²) in [5.74, 6) is 0.261. The first-order valence-corrected chi connectivity index (χ1v) is 6.45. The molecule has 1 aliphatic rings. The summed E-state index contributed by atoms with van der Waals surface area (Å²) in [6.45, 7) is 6.28. The summed E-state index contributed by atoms with van der Waals surface area (Å²) in [5, 5.41) is 0.365. The number of rotatable bonds is 2. The topological polar surface area (TPSA) is 33.2 Å². The van der Waals surface area contributed by atoms with Crippen molar-refractivity contribution in [1.29, 1.82) is 0 Å². The van der Waals surface area contributed by atoms with Crippen LogP contribution in [0.1, 0.15) is 12.0 Å². The molecule has 2 heterocycles. The third-order valence-electron chi connectivity index (χ3n) is 2.96. The van der Waals surface area contributed by atoms with Gasteiger partial charge in [-0.3, -0.25) is 4.79 Å². The van der Waals surface area contributed by atoms with Crippen molar-refractivity contribution in [3.05, 3.63) is 34.0 Å². The number of hydrogen-bond donors (Lipinski definition) is 0. The van der Waals surface area contributed by atoms with Crippen LogP contribution in [0, 0.1) is 12.8 Å². The molecule has 5 heteroatoms. The maximum atomic E-state index is 11.9. The fourth-order valence-corrected chi connectivity index (χ4v) is 2.54. The molecule has 1 unspecified atom stereocenters. The Morgan fingerprint density at radius 1 is 1.71 bits per heavy atom. The zero-order valence-electron chi connectivity index (χ0n) is 9.41. The first-order valence-electron chi connectivity index (χ1n) is 5.28. The molecule has 0 aromatic carbocycles. The molecule has 0 spiro atoms. The lowest BCUT2D eigenvalue weighted by Crippen LogP contribution is -2.26. The first-order chi connectivity index (χ1) is 8.04. The van der Waals surface area contributed by atoms with Gasteiger partial charge < -0.3 is 4.90 Å². The van der Waals surface area contributed by atoms with Gasteiger partial charge in [-0.15, -0.1) is 6.58 Å². The van der Waals surface area contributed by atoms with E-state index in [-0.39, 0.29) is 11.8 Å². The van der Waals surface area contributed by atoms with Gasteiger partial charge in [0.15, 0.2) is 5.15 Å². The monoisotopic (exact) mass is 314 g/mol. The minimum atomic E-state index is 0.0693. The van der Waals surface area contributed by atoms with Crippen molar-refractivity contribution in [2.75, 3.05) is 11.4 Å². The van der Waals surface area contributed by atoms with Crippen LogP contribution < -0.4 is 4.90 Å². The van der Waals surface area contributed by atoms with Gasteiger partial charge in [-0.25, -0.2) is 4.98 Å². The van der Waals surface area contributed by atoms with Crippen LogP contribution in [-0.4, -0.2) is 17.4 Å². The molecule has 0 saturated carbocycles. The van der Waals surface area contributed by atoms with Crippen molar-refractivity contribution < 1.29 is 4.79 Å². The summed E-state index contributed by atoms with van der Waals surface area (Å²) < 4.78 is 0.853. The molecule has 1 aromatic rings. The lowest BCUT2D eigenvalue weighted by atomic mass is 10.1. The molecule has 1 aromatic heterocycles. The molecule has 1 saturated heterocycles. The maximum absolute atomic E-state index is 11.9. The summed E-state index contributed by atoms with van der Waals surface area (Å²) in [6.07, 6.45) is 3.95. The molecule has 17 heavy (non-hydrogen) atoms. The van der Waals surface area contributed by atoms with Gasteiger partial charge in [0.05, 0.1) is 5.69 Å². The quantitative estimate of drug-likeness (QED) is 0.619. The van der Waals surface area contributed by atoms with Crippen LogP contribution in [0.2, 0.25) is 5.15 Å². The van der Waals surface area contributed by atoms with Gasteiger partial charge in [-0.1, -0.05) is 17.7 Å². The number of nitrogens with zero attached hydrogens (tertiary/aromatic N) is 2. The van der Waals surface area contributed by atoms with E-state index in [1.54, 1.807) is 11.1 Å². The van der Waals surface area contributed by atoms with E-state index in [0.29, 0.717) is 23.8 Å². The van der Waals surface area contributed by atoms with Crippen LogP contribution in [-0.2, 0) is 4.79 Å². The van der Waals surface area contributed by atoms with Gasteiger partial charge in [0.25, 0.3) is 0 Å². The van der Waals surface area contributed by atoms with Gasteiger partial charge in [-0.2, -0.15) is 0 Å². The summed E-state index contributed by atoms with van der Waals surface area (Å²) in [6, 6.07) is 0. The molecule has 3 nitrogen and oxygen atoms in total. The number of hydrogen-bond acceptors (Lipinski definition) is 2. The number of carbonyl (C=O) groups is 1. The van der Waals surface area contributed by atoms with E-state index in [0.717, 1.165) is 10.0 Å². The van der Waals surface area contributed by atoms with E-state index in [1.807, 2.05) is 13.0 Å². The van der Waals surface area contributed by atoms with E-state index in [4.69, 9.17) is 11.6 Å². The van der Waals surface area contributed by atoms with Crippen LogP contribution in [0.4, 0.5) is 5.69 Å². The highest BCUT2D eigenvalue weighted by atomic mass is 79.9. The van der Waals surface area contributed by atoms with Gasteiger partial charge in [-0.05, 0) is 28.4 Å². The van der Waals surface area contributed by atoms with Crippen LogP contribution >= 0.6 is 27.5 Å². The zero-order chi connectivity index (χ0) is 12.6. The highest BCUT2D eigenvalue weighted by Gasteiger charge is 2.31. The average molecular weight is 316 g/mol. The Hall–Kier alpha value is -0.870. The lowest BCUT2D eigenvalue weighted by molar-refractivity contribution is -0.117. The van der Waals surface area contributed by atoms with E-state index < -0.39 is 0 Å². The normalized spacial score (nSPS) is 19.8. The highest BCUT2D eigenvalue weighted by molar-refractivity contribution is 9.10. The molecule has 1 aliphatic heterocycles. The molecule has 0 N–H and O–H groups in total. The van der Waals surface area contributed by atoms with E-state index in [1.165, 1.54) is 0 Å². The highest BCUT2D eigenvalue weighted by Crippen LogP contribution is 2.36. The van der Waals surface area contributed by atoms with Crippen molar-refractivity contribution in [1.82, 2.24) is 4.98 Å². The average Bonchev–Trinajstić information content (AvgIpc) is 2.66. The molecule has 1 atom stereocenters. The predicted octanol–water partition coefficient (Wildman–Crippen LogP) is 3.34. The second-order valence-electron chi connectivity index (χ2n) is 4.07. The third-order valence-corrected chi connectivity index (χ3v) is 4.03. The van der Waals surface area contributed by atoms with E-state index in [9.17, 15) is 4.79 Å². The zero-order valence-corrected chi connectivity index (χ0v) is 11.8. The molecule has 1 fully saturated rings. The van der Waals surface area contributed by atoms with Crippen molar-refractivity contribution >= 4 is 39.1 Å². The summed E-state index contributed by atoms with van der Waals surface area (Å²) in [4.78, 5) is 17.7. The Bertz CT molecular complexity index is 490. The number of anilines is 1. The number of pyridine rings is 1. The van der Waals surface area contributed by atoms with Gasteiger partial charge >= 0.3 is 0 Å². The second kappa shape index (κ2) is 4.78. The third kappa shape index (κ3) is 2.24. The van der Waals surface area contributed by atoms with Gasteiger partial charge in [0.1, 0.15) is 0 Å². The van der Waals surface area contributed by atoms with E-state index in [2.05, 4.69) is 27.5 Å². The van der Waals surface area contributed by atoms with E-state index >= 15 is 0 Å². The minimum Gasteiger partial charge on any atom is -0.309 e. The number of aromatic nitrogens is 1. The van der Waals surface area contributed by atoms with Gasteiger partial charge in [0.2, 0.25) is 5.91 Å². The van der Waals surface area contributed by atoms with Crippen molar-refractivity contribution in [2.45, 2.75) is 13.3 Å². The van der Waals surface area contributed by atoms with Crippen LogP contribution in [0.25, 0.3) is 0 Å². The number of carbonyl (C=O) groups excluding carboxylic acids is 1. The molecule has 1 amide bonds. The largest absolute Gasteiger partial charge is 0.309 e.